The predicted octanol–water partition coefficient (Wildman–Crippen LogP) is 2.96. The Morgan fingerprint density at radius 2 is 1.95 bits per heavy atom. The van der Waals surface area contributed by atoms with Gasteiger partial charge in [-0.1, -0.05) is 19.8 Å². The van der Waals surface area contributed by atoms with E-state index in [-0.39, 0.29) is 24.3 Å². The van der Waals surface area contributed by atoms with E-state index >= 15 is 0 Å². The van der Waals surface area contributed by atoms with E-state index in [4.69, 9.17) is 4.74 Å². The second-order valence-electron chi connectivity index (χ2n) is 5.91. The predicted molar refractivity (Wildman–Crippen MR) is 81.5 cm³/mol. The number of hydrogen-bond acceptors (Lipinski definition) is 3. The summed E-state index contributed by atoms with van der Waals surface area (Å²) in [6, 6.07) is 7.13. The normalized spacial score (nSPS) is 21.6. The Balaban J connectivity index is 1.76. The molecule has 1 N–H and O–H groups in total. The number of amides is 1. The maximum atomic E-state index is 11.9. The molecule has 2 rings (SSSR count). The van der Waals surface area contributed by atoms with Crippen molar-refractivity contribution in [2.45, 2.75) is 45.6 Å². The second-order valence-corrected chi connectivity index (χ2v) is 5.91. The van der Waals surface area contributed by atoms with Crippen LogP contribution in [-0.4, -0.2) is 24.3 Å². The zero-order chi connectivity index (χ0) is 15.2. The van der Waals surface area contributed by atoms with E-state index in [9.17, 15) is 9.59 Å². The Morgan fingerprint density at radius 1 is 1.24 bits per heavy atom. The summed E-state index contributed by atoms with van der Waals surface area (Å²) in [4.78, 5) is 23.0. The second kappa shape index (κ2) is 7.25. The van der Waals surface area contributed by atoms with E-state index in [0.717, 1.165) is 12.8 Å². The van der Waals surface area contributed by atoms with Crippen LogP contribution in [0.4, 0.5) is 0 Å². The van der Waals surface area contributed by atoms with Crippen LogP contribution in [-0.2, 0) is 4.79 Å². The number of carbonyl (C=O) groups is 2. The Hall–Kier alpha value is -1.84. The molecule has 1 aliphatic carbocycles. The number of Topliss-reactive ketones (excluding diaryl/α,β-unsaturated/α-hetero) is 1. The Kier molecular flexibility index (Phi) is 5.37. The Labute approximate surface area is 125 Å². The molecule has 21 heavy (non-hydrogen) atoms. The molecule has 1 aliphatic rings. The number of ketones is 1. The van der Waals surface area contributed by atoms with Crippen LogP contribution in [0.25, 0.3) is 0 Å². The quantitative estimate of drug-likeness (QED) is 0.848. The van der Waals surface area contributed by atoms with Gasteiger partial charge in [0.15, 0.2) is 12.4 Å². The standard InChI is InChI=1S/C17H23NO3/c1-12-4-3-5-15(10-12)18-17(20)11-21-16-8-6-14(7-9-16)13(2)19/h6-9,12,15H,3-5,10-11H2,1-2H3,(H,18,20). The minimum Gasteiger partial charge on any atom is -0.484 e. The van der Waals surface area contributed by atoms with Crippen molar-refractivity contribution < 1.29 is 14.3 Å². The Bertz CT molecular complexity index is 495. The summed E-state index contributed by atoms with van der Waals surface area (Å²) in [6.45, 7) is 3.77. The molecule has 2 atom stereocenters. The van der Waals surface area contributed by atoms with Crippen molar-refractivity contribution in [3.63, 3.8) is 0 Å². The van der Waals surface area contributed by atoms with Crippen LogP contribution in [0.5, 0.6) is 5.75 Å². The number of nitrogens with one attached hydrogen (secondary N) is 1. The Morgan fingerprint density at radius 3 is 2.57 bits per heavy atom. The van der Waals surface area contributed by atoms with Crippen LogP contribution in [0.1, 0.15) is 49.9 Å². The van der Waals surface area contributed by atoms with Gasteiger partial charge in [-0.15, -0.1) is 0 Å². The molecule has 0 heterocycles. The zero-order valence-electron chi connectivity index (χ0n) is 12.7. The summed E-state index contributed by atoms with van der Waals surface area (Å²) in [5.41, 5.74) is 0.642. The van der Waals surface area contributed by atoms with Gasteiger partial charge in [0.2, 0.25) is 0 Å². The van der Waals surface area contributed by atoms with Gasteiger partial charge in [-0.05, 0) is 49.9 Å². The van der Waals surface area contributed by atoms with Gasteiger partial charge >= 0.3 is 0 Å². The van der Waals surface area contributed by atoms with Gasteiger partial charge in [0.1, 0.15) is 5.75 Å². The summed E-state index contributed by atoms with van der Waals surface area (Å²) >= 11 is 0. The van der Waals surface area contributed by atoms with Crippen molar-refractivity contribution in [2.75, 3.05) is 6.61 Å². The van der Waals surface area contributed by atoms with E-state index in [1.807, 2.05) is 0 Å². The smallest absolute Gasteiger partial charge is 0.258 e. The first-order valence-corrected chi connectivity index (χ1v) is 7.57. The minimum absolute atomic E-state index is 0.0182. The van der Waals surface area contributed by atoms with Gasteiger partial charge in [-0.25, -0.2) is 0 Å². The topological polar surface area (TPSA) is 55.4 Å². The number of ether oxygens (including phenoxy) is 1. The fraction of sp³-hybridized carbons (Fsp3) is 0.529. The molecule has 4 nitrogen and oxygen atoms in total. The molecular formula is C17H23NO3. The van der Waals surface area contributed by atoms with Crippen molar-refractivity contribution in [3.05, 3.63) is 29.8 Å². The van der Waals surface area contributed by atoms with Crippen molar-refractivity contribution in [1.82, 2.24) is 5.32 Å². The summed E-state index contributed by atoms with van der Waals surface area (Å²) < 4.78 is 5.45. The van der Waals surface area contributed by atoms with Crippen molar-refractivity contribution in [1.29, 1.82) is 0 Å². The van der Waals surface area contributed by atoms with Crippen LogP contribution >= 0.6 is 0 Å². The SMILES string of the molecule is CC(=O)c1ccc(OCC(=O)NC2CCCC(C)C2)cc1. The van der Waals surface area contributed by atoms with E-state index < -0.39 is 0 Å². The monoisotopic (exact) mass is 289 g/mol. The first kappa shape index (κ1) is 15.5. The molecule has 0 spiro atoms. The van der Waals surface area contributed by atoms with E-state index in [0.29, 0.717) is 17.2 Å². The number of carbonyl (C=O) groups excluding carboxylic acids is 2. The lowest BCUT2D eigenvalue weighted by molar-refractivity contribution is -0.124. The molecule has 114 valence electrons. The first-order valence-electron chi connectivity index (χ1n) is 7.57. The summed E-state index contributed by atoms with van der Waals surface area (Å²) in [7, 11) is 0. The highest BCUT2D eigenvalue weighted by molar-refractivity contribution is 5.94. The molecule has 1 fully saturated rings. The number of hydrogen-bond donors (Lipinski definition) is 1. The van der Waals surface area contributed by atoms with Crippen molar-refractivity contribution >= 4 is 11.7 Å². The van der Waals surface area contributed by atoms with Crippen LogP contribution in [0.15, 0.2) is 24.3 Å². The highest BCUT2D eigenvalue weighted by atomic mass is 16.5. The van der Waals surface area contributed by atoms with Crippen LogP contribution in [0, 0.1) is 5.92 Å². The molecule has 0 bridgehead atoms. The molecule has 1 aromatic rings. The van der Waals surface area contributed by atoms with Crippen molar-refractivity contribution in [2.24, 2.45) is 5.92 Å². The highest BCUT2D eigenvalue weighted by Gasteiger charge is 2.20. The van der Waals surface area contributed by atoms with Crippen LogP contribution < -0.4 is 10.1 Å². The molecule has 4 heteroatoms. The molecule has 2 unspecified atom stereocenters. The highest BCUT2D eigenvalue weighted by Crippen LogP contribution is 2.23. The molecule has 1 amide bonds. The molecule has 1 aromatic carbocycles. The summed E-state index contributed by atoms with van der Waals surface area (Å²) in [6.07, 6.45) is 4.55. The molecular weight excluding hydrogens is 266 g/mol. The van der Waals surface area contributed by atoms with E-state index in [1.165, 1.54) is 19.8 Å². The van der Waals surface area contributed by atoms with Gasteiger partial charge in [0.05, 0.1) is 0 Å². The van der Waals surface area contributed by atoms with Gasteiger partial charge in [0, 0.05) is 11.6 Å². The molecule has 1 saturated carbocycles. The third kappa shape index (κ3) is 4.88. The lowest BCUT2D eigenvalue weighted by Crippen LogP contribution is -2.40. The van der Waals surface area contributed by atoms with E-state index in [2.05, 4.69) is 12.2 Å². The third-order valence-corrected chi connectivity index (χ3v) is 3.93. The van der Waals surface area contributed by atoms with Crippen molar-refractivity contribution in [3.8, 4) is 5.75 Å². The average molecular weight is 289 g/mol. The van der Waals surface area contributed by atoms with Crippen LogP contribution in [0.2, 0.25) is 0 Å². The summed E-state index contributed by atoms with van der Waals surface area (Å²) in [5.74, 6) is 1.23. The lowest BCUT2D eigenvalue weighted by Gasteiger charge is -2.27. The maximum Gasteiger partial charge on any atom is 0.258 e. The molecule has 0 aliphatic heterocycles. The zero-order valence-corrected chi connectivity index (χ0v) is 12.7. The molecule has 0 aromatic heterocycles. The van der Waals surface area contributed by atoms with Crippen LogP contribution in [0.3, 0.4) is 0 Å². The van der Waals surface area contributed by atoms with Gasteiger partial charge in [-0.3, -0.25) is 9.59 Å². The van der Waals surface area contributed by atoms with Gasteiger partial charge in [0.25, 0.3) is 5.91 Å². The average Bonchev–Trinajstić information content (AvgIpc) is 2.45. The lowest BCUT2D eigenvalue weighted by atomic mass is 9.87. The third-order valence-electron chi connectivity index (χ3n) is 3.93. The van der Waals surface area contributed by atoms with E-state index in [1.54, 1.807) is 24.3 Å². The minimum atomic E-state index is -0.0789. The molecule has 0 radical (unpaired) electrons. The molecule has 0 saturated heterocycles. The fourth-order valence-electron chi connectivity index (χ4n) is 2.77. The van der Waals surface area contributed by atoms with Gasteiger partial charge < -0.3 is 10.1 Å². The maximum absolute atomic E-state index is 11.9. The largest absolute Gasteiger partial charge is 0.484 e. The summed E-state index contributed by atoms with van der Waals surface area (Å²) in [5, 5.41) is 3.03. The van der Waals surface area contributed by atoms with Gasteiger partial charge in [-0.2, -0.15) is 0 Å². The first-order chi connectivity index (χ1) is 10.0. The number of benzene rings is 1. The fourth-order valence-corrected chi connectivity index (χ4v) is 2.77. The number of rotatable bonds is 5.